The molecule has 0 fully saturated rings. The summed E-state index contributed by atoms with van der Waals surface area (Å²) >= 11 is 0. The average Bonchev–Trinajstić information content (AvgIpc) is 2.63. The number of ether oxygens (including phenoxy) is 1. The monoisotopic (exact) mass is 358 g/mol. The van der Waals surface area contributed by atoms with Crippen molar-refractivity contribution in [1.82, 2.24) is 0 Å². The van der Waals surface area contributed by atoms with Crippen LogP contribution in [0.1, 0.15) is 24.2 Å². The minimum absolute atomic E-state index is 0.00827. The highest BCUT2D eigenvalue weighted by atomic mass is 19.1. The highest BCUT2D eigenvalue weighted by Gasteiger charge is 2.36. The molecule has 0 saturated carbocycles. The normalized spacial score (nSPS) is 10.8. The Balaban J connectivity index is 2.13. The molecule has 0 unspecified atom stereocenters. The van der Waals surface area contributed by atoms with Gasteiger partial charge in [-0.15, -0.1) is 0 Å². The van der Waals surface area contributed by atoms with E-state index >= 15 is 0 Å². The lowest BCUT2D eigenvalue weighted by molar-refractivity contribution is -0.135. The van der Waals surface area contributed by atoms with E-state index in [9.17, 15) is 18.8 Å². The molecule has 6 nitrogen and oxygen atoms in total. The number of anilines is 2. The van der Waals surface area contributed by atoms with Crippen molar-refractivity contribution in [2.24, 2.45) is 5.41 Å². The maximum Gasteiger partial charge on any atom is 0.337 e. The van der Waals surface area contributed by atoms with Gasteiger partial charge in [-0.1, -0.05) is 18.2 Å². The molecule has 2 aromatic rings. The van der Waals surface area contributed by atoms with Gasteiger partial charge in [-0.2, -0.15) is 0 Å². The molecule has 0 aliphatic heterocycles. The van der Waals surface area contributed by atoms with Gasteiger partial charge in [0.25, 0.3) is 0 Å². The first-order valence-electron chi connectivity index (χ1n) is 7.81. The third kappa shape index (κ3) is 4.24. The molecule has 0 heterocycles. The molecule has 0 radical (unpaired) electrons. The molecule has 2 amide bonds. The summed E-state index contributed by atoms with van der Waals surface area (Å²) in [4.78, 5) is 36.5. The Kier molecular flexibility index (Phi) is 5.71. The molecule has 26 heavy (non-hydrogen) atoms. The van der Waals surface area contributed by atoms with Crippen molar-refractivity contribution in [3.05, 3.63) is 59.9 Å². The van der Waals surface area contributed by atoms with E-state index < -0.39 is 29.0 Å². The Morgan fingerprint density at radius 3 is 2.27 bits per heavy atom. The number of benzene rings is 2. The molecule has 0 spiro atoms. The number of amides is 2. The molecule has 0 aromatic heterocycles. The third-order valence-corrected chi connectivity index (χ3v) is 3.80. The van der Waals surface area contributed by atoms with Crippen LogP contribution in [0.2, 0.25) is 0 Å². The van der Waals surface area contributed by atoms with E-state index in [1.807, 2.05) is 0 Å². The number of halogens is 1. The predicted octanol–water partition coefficient (Wildman–Crippen LogP) is 3.22. The molecule has 2 rings (SSSR count). The fourth-order valence-corrected chi connectivity index (χ4v) is 2.07. The van der Waals surface area contributed by atoms with Crippen LogP contribution in [0.3, 0.4) is 0 Å². The fourth-order valence-electron chi connectivity index (χ4n) is 2.07. The molecule has 2 aromatic carbocycles. The Labute approximate surface area is 150 Å². The Bertz CT molecular complexity index is 849. The first-order valence-corrected chi connectivity index (χ1v) is 7.81. The number of hydrogen-bond donors (Lipinski definition) is 2. The largest absolute Gasteiger partial charge is 0.465 e. The molecular weight excluding hydrogens is 339 g/mol. The van der Waals surface area contributed by atoms with Gasteiger partial charge in [-0.05, 0) is 44.2 Å². The average molecular weight is 358 g/mol. The van der Waals surface area contributed by atoms with E-state index in [2.05, 4.69) is 15.4 Å². The lowest BCUT2D eigenvalue weighted by Crippen LogP contribution is -2.41. The van der Waals surface area contributed by atoms with Crippen LogP contribution in [-0.2, 0) is 14.3 Å². The first kappa shape index (κ1) is 19.1. The molecule has 0 aliphatic rings. The number of para-hydroxylation sites is 1. The van der Waals surface area contributed by atoms with Gasteiger partial charge < -0.3 is 15.4 Å². The van der Waals surface area contributed by atoms with Gasteiger partial charge in [0, 0.05) is 5.69 Å². The predicted molar refractivity (Wildman–Crippen MR) is 95.2 cm³/mol. The molecule has 0 aliphatic carbocycles. The molecular formula is C19H19FN2O4. The third-order valence-electron chi connectivity index (χ3n) is 3.80. The number of nitrogens with one attached hydrogen (secondary N) is 2. The van der Waals surface area contributed by atoms with E-state index in [1.54, 1.807) is 18.2 Å². The minimum Gasteiger partial charge on any atom is -0.465 e. The van der Waals surface area contributed by atoms with Crippen LogP contribution in [0, 0.1) is 11.2 Å². The number of esters is 1. The Hall–Kier alpha value is -3.22. The molecule has 0 atom stereocenters. The zero-order chi connectivity index (χ0) is 19.3. The number of rotatable bonds is 5. The van der Waals surface area contributed by atoms with E-state index in [0.717, 1.165) is 0 Å². The van der Waals surface area contributed by atoms with Gasteiger partial charge in [0.2, 0.25) is 11.8 Å². The Morgan fingerprint density at radius 2 is 1.62 bits per heavy atom. The zero-order valence-electron chi connectivity index (χ0n) is 14.6. The van der Waals surface area contributed by atoms with Crippen molar-refractivity contribution in [3.63, 3.8) is 0 Å². The molecule has 0 saturated heterocycles. The fraction of sp³-hybridized carbons (Fsp3) is 0.211. The first-order chi connectivity index (χ1) is 12.3. The lowest BCUT2D eigenvalue weighted by Gasteiger charge is -2.23. The maximum absolute atomic E-state index is 13.7. The number of carbonyl (C=O) groups is 3. The van der Waals surface area contributed by atoms with Crippen LogP contribution in [0.25, 0.3) is 0 Å². The summed E-state index contributed by atoms with van der Waals surface area (Å²) in [5.41, 5.74) is -0.890. The van der Waals surface area contributed by atoms with Crippen LogP contribution >= 0.6 is 0 Å². The van der Waals surface area contributed by atoms with E-state index in [-0.39, 0.29) is 11.3 Å². The molecule has 136 valence electrons. The van der Waals surface area contributed by atoms with Gasteiger partial charge >= 0.3 is 5.97 Å². The molecule has 0 bridgehead atoms. The maximum atomic E-state index is 13.7. The van der Waals surface area contributed by atoms with E-state index in [1.165, 1.54) is 51.3 Å². The summed E-state index contributed by atoms with van der Waals surface area (Å²) in [6.45, 7) is 2.84. The van der Waals surface area contributed by atoms with E-state index in [0.29, 0.717) is 5.69 Å². The van der Waals surface area contributed by atoms with Crippen molar-refractivity contribution in [3.8, 4) is 0 Å². The second kappa shape index (κ2) is 7.77. The van der Waals surface area contributed by atoms with Gasteiger partial charge in [0.1, 0.15) is 11.2 Å². The minimum atomic E-state index is -1.48. The van der Waals surface area contributed by atoms with Gasteiger partial charge in [0.15, 0.2) is 0 Å². The zero-order valence-corrected chi connectivity index (χ0v) is 14.6. The van der Waals surface area contributed by atoms with E-state index in [4.69, 9.17) is 0 Å². The Morgan fingerprint density at radius 1 is 0.962 bits per heavy atom. The van der Waals surface area contributed by atoms with Crippen molar-refractivity contribution in [1.29, 1.82) is 0 Å². The van der Waals surface area contributed by atoms with Crippen molar-refractivity contribution in [2.75, 3.05) is 17.7 Å². The smallest absolute Gasteiger partial charge is 0.337 e. The van der Waals surface area contributed by atoms with Crippen LogP contribution in [-0.4, -0.2) is 24.9 Å². The lowest BCUT2D eigenvalue weighted by atomic mass is 9.90. The highest BCUT2D eigenvalue weighted by molar-refractivity contribution is 6.14. The number of carbonyl (C=O) groups excluding carboxylic acids is 3. The second-order valence-corrected chi connectivity index (χ2v) is 6.09. The van der Waals surface area contributed by atoms with Gasteiger partial charge in [0.05, 0.1) is 18.4 Å². The van der Waals surface area contributed by atoms with Crippen LogP contribution < -0.4 is 10.6 Å². The van der Waals surface area contributed by atoms with Crippen LogP contribution in [0.5, 0.6) is 0 Å². The second-order valence-electron chi connectivity index (χ2n) is 6.09. The van der Waals surface area contributed by atoms with Crippen molar-refractivity contribution < 1.29 is 23.5 Å². The molecule has 2 N–H and O–H groups in total. The summed E-state index contributed by atoms with van der Waals surface area (Å²) in [6.07, 6.45) is 0. The van der Waals surface area contributed by atoms with Crippen LogP contribution in [0.4, 0.5) is 15.8 Å². The summed E-state index contributed by atoms with van der Waals surface area (Å²) in [6, 6.07) is 11.8. The van der Waals surface area contributed by atoms with Gasteiger partial charge in [-0.3, -0.25) is 9.59 Å². The molecule has 7 heteroatoms. The summed E-state index contributed by atoms with van der Waals surface area (Å²) in [5.74, 6) is -2.40. The standard InChI is InChI=1S/C19H19FN2O4/c1-19(2,18(25)22-15-10-5-4-9-14(15)20)17(24)21-13-8-6-7-12(11-13)16(23)26-3/h4-11H,1-3H3,(H,21,24)(H,22,25). The number of methoxy groups -OCH3 is 1. The van der Waals surface area contributed by atoms with Crippen molar-refractivity contribution in [2.45, 2.75) is 13.8 Å². The number of hydrogen-bond acceptors (Lipinski definition) is 4. The highest BCUT2D eigenvalue weighted by Crippen LogP contribution is 2.23. The van der Waals surface area contributed by atoms with Crippen LogP contribution in [0.15, 0.2) is 48.5 Å². The SMILES string of the molecule is COC(=O)c1cccc(NC(=O)C(C)(C)C(=O)Nc2ccccc2F)c1. The summed E-state index contributed by atoms with van der Waals surface area (Å²) in [5, 5.41) is 4.99. The van der Waals surface area contributed by atoms with Gasteiger partial charge in [-0.25, -0.2) is 9.18 Å². The summed E-state index contributed by atoms with van der Waals surface area (Å²) in [7, 11) is 1.25. The topological polar surface area (TPSA) is 84.5 Å². The summed E-state index contributed by atoms with van der Waals surface area (Å²) < 4.78 is 18.3. The van der Waals surface area contributed by atoms with Crippen molar-refractivity contribution >= 4 is 29.2 Å². The quantitative estimate of drug-likeness (QED) is 0.635.